The molecule has 1 aromatic heterocycles. The molecule has 98 valence electrons. The standard InChI is InChI=1S/C12H7ClFNO4/c13-7-2-1-3-8(14)10(7)15-11(16)9-4-6(5-19-9)12(17)18/h1-5H,(H,15,16)(H,17,18). The number of halogens is 2. The van der Waals surface area contributed by atoms with Crippen LogP contribution in [0.25, 0.3) is 0 Å². The molecule has 0 aliphatic rings. The molecular weight excluding hydrogens is 277 g/mol. The molecule has 0 saturated heterocycles. The van der Waals surface area contributed by atoms with Gasteiger partial charge in [-0.05, 0) is 12.1 Å². The van der Waals surface area contributed by atoms with Crippen molar-refractivity contribution in [1.29, 1.82) is 0 Å². The maximum atomic E-state index is 13.4. The summed E-state index contributed by atoms with van der Waals surface area (Å²) in [6.07, 6.45) is 0.917. The van der Waals surface area contributed by atoms with Gasteiger partial charge in [-0.2, -0.15) is 0 Å². The summed E-state index contributed by atoms with van der Waals surface area (Å²) >= 11 is 5.74. The number of carbonyl (C=O) groups excluding carboxylic acids is 1. The fourth-order valence-electron chi connectivity index (χ4n) is 1.36. The van der Waals surface area contributed by atoms with E-state index in [1.54, 1.807) is 0 Å². The van der Waals surface area contributed by atoms with Gasteiger partial charge in [0.2, 0.25) is 0 Å². The fraction of sp³-hybridized carbons (Fsp3) is 0. The maximum Gasteiger partial charge on any atom is 0.338 e. The highest BCUT2D eigenvalue weighted by atomic mass is 35.5. The Hall–Kier alpha value is -2.34. The van der Waals surface area contributed by atoms with Crippen molar-refractivity contribution in [2.45, 2.75) is 0 Å². The van der Waals surface area contributed by atoms with Gasteiger partial charge in [-0.15, -0.1) is 0 Å². The first-order chi connectivity index (χ1) is 8.99. The van der Waals surface area contributed by atoms with Crippen LogP contribution >= 0.6 is 11.6 Å². The minimum Gasteiger partial charge on any atom is -0.478 e. The molecule has 0 radical (unpaired) electrons. The lowest BCUT2D eigenvalue weighted by molar-refractivity contribution is 0.0696. The normalized spacial score (nSPS) is 10.2. The van der Waals surface area contributed by atoms with Gasteiger partial charge >= 0.3 is 5.97 Å². The average Bonchev–Trinajstić information content (AvgIpc) is 2.83. The zero-order valence-corrected chi connectivity index (χ0v) is 10.1. The third-order valence-electron chi connectivity index (χ3n) is 2.27. The van der Waals surface area contributed by atoms with Crippen molar-refractivity contribution in [1.82, 2.24) is 0 Å². The molecule has 0 saturated carbocycles. The van der Waals surface area contributed by atoms with E-state index in [1.807, 2.05) is 0 Å². The summed E-state index contributed by atoms with van der Waals surface area (Å²) in [5.41, 5.74) is -0.368. The molecule has 1 heterocycles. The summed E-state index contributed by atoms with van der Waals surface area (Å²) in [4.78, 5) is 22.4. The number of carboxylic acid groups (broad SMARTS) is 1. The first-order valence-corrected chi connectivity index (χ1v) is 5.44. The van der Waals surface area contributed by atoms with E-state index in [0.29, 0.717) is 0 Å². The first kappa shape index (κ1) is 13.1. The Morgan fingerprint density at radius 1 is 1.37 bits per heavy atom. The molecule has 1 aromatic carbocycles. The van der Waals surface area contributed by atoms with Gasteiger partial charge in [0.1, 0.15) is 12.1 Å². The Balaban J connectivity index is 2.23. The van der Waals surface area contributed by atoms with Gasteiger partial charge in [0.15, 0.2) is 5.76 Å². The van der Waals surface area contributed by atoms with Crippen molar-refractivity contribution in [3.05, 3.63) is 52.7 Å². The highest BCUT2D eigenvalue weighted by Gasteiger charge is 2.17. The zero-order valence-electron chi connectivity index (χ0n) is 9.31. The van der Waals surface area contributed by atoms with Gasteiger partial charge in [0.25, 0.3) is 5.91 Å². The molecule has 0 bridgehead atoms. The molecule has 1 amide bonds. The second-order valence-corrected chi connectivity index (χ2v) is 3.96. The van der Waals surface area contributed by atoms with Crippen molar-refractivity contribution >= 4 is 29.2 Å². The number of hydrogen-bond acceptors (Lipinski definition) is 3. The maximum absolute atomic E-state index is 13.4. The summed E-state index contributed by atoms with van der Waals surface area (Å²) in [6, 6.07) is 4.96. The minimum absolute atomic E-state index is 0.0263. The quantitative estimate of drug-likeness (QED) is 0.907. The number of para-hydroxylation sites is 1. The topological polar surface area (TPSA) is 79.5 Å². The molecule has 2 N–H and O–H groups in total. The van der Waals surface area contributed by atoms with Crippen molar-refractivity contribution in [2.24, 2.45) is 0 Å². The average molecular weight is 284 g/mol. The van der Waals surface area contributed by atoms with Crippen LogP contribution < -0.4 is 5.32 Å². The molecule has 2 aromatic rings. The lowest BCUT2D eigenvalue weighted by Gasteiger charge is -2.06. The predicted octanol–water partition coefficient (Wildman–Crippen LogP) is 3.02. The van der Waals surface area contributed by atoms with Crippen LogP contribution in [0.15, 0.2) is 34.9 Å². The number of hydrogen-bond donors (Lipinski definition) is 2. The van der Waals surface area contributed by atoms with Crippen molar-refractivity contribution in [2.75, 3.05) is 5.32 Å². The highest BCUT2D eigenvalue weighted by Crippen LogP contribution is 2.25. The Morgan fingerprint density at radius 3 is 2.68 bits per heavy atom. The zero-order chi connectivity index (χ0) is 14.0. The van der Waals surface area contributed by atoms with Crippen molar-refractivity contribution in [3.63, 3.8) is 0 Å². The van der Waals surface area contributed by atoms with E-state index in [0.717, 1.165) is 18.4 Å². The predicted molar refractivity (Wildman–Crippen MR) is 65.0 cm³/mol. The number of nitrogens with one attached hydrogen (secondary N) is 1. The van der Waals surface area contributed by atoms with Crippen LogP contribution in [-0.2, 0) is 0 Å². The number of aromatic carboxylic acids is 1. The second-order valence-electron chi connectivity index (χ2n) is 3.56. The third-order valence-corrected chi connectivity index (χ3v) is 2.59. The minimum atomic E-state index is -1.23. The first-order valence-electron chi connectivity index (χ1n) is 5.06. The summed E-state index contributed by atoms with van der Waals surface area (Å²) in [5, 5.41) is 10.9. The molecule has 0 unspecified atom stereocenters. The van der Waals surface area contributed by atoms with Crippen LogP contribution in [0.4, 0.5) is 10.1 Å². The second kappa shape index (κ2) is 5.11. The SMILES string of the molecule is O=C(O)c1coc(C(=O)Nc2c(F)cccc2Cl)c1. The van der Waals surface area contributed by atoms with E-state index in [9.17, 15) is 14.0 Å². The molecular formula is C12H7ClFNO4. The van der Waals surface area contributed by atoms with Crippen LogP contribution in [0.5, 0.6) is 0 Å². The molecule has 0 fully saturated rings. The molecule has 7 heteroatoms. The monoisotopic (exact) mass is 283 g/mol. The number of carbonyl (C=O) groups is 2. The molecule has 2 rings (SSSR count). The van der Waals surface area contributed by atoms with Crippen LogP contribution in [0.2, 0.25) is 5.02 Å². The third kappa shape index (κ3) is 2.74. The van der Waals surface area contributed by atoms with E-state index in [2.05, 4.69) is 5.32 Å². The van der Waals surface area contributed by atoms with Gasteiger partial charge < -0.3 is 14.8 Å². The summed E-state index contributed by atoms with van der Waals surface area (Å²) in [7, 11) is 0. The van der Waals surface area contributed by atoms with Crippen LogP contribution in [-0.4, -0.2) is 17.0 Å². The Morgan fingerprint density at radius 2 is 2.11 bits per heavy atom. The van der Waals surface area contributed by atoms with Gasteiger partial charge in [0, 0.05) is 6.07 Å². The van der Waals surface area contributed by atoms with E-state index in [4.69, 9.17) is 21.1 Å². The van der Waals surface area contributed by atoms with E-state index < -0.39 is 17.7 Å². The van der Waals surface area contributed by atoms with Gasteiger partial charge in [0.05, 0.1) is 16.3 Å². The van der Waals surface area contributed by atoms with Crippen LogP contribution in [0.3, 0.4) is 0 Å². The van der Waals surface area contributed by atoms with E-state index in [-0.39, 0.29) is 22.0 Å². The largest absolute Gasteiger partial charge is 0.478 e. The van der Waals surface area contributed by atoms with Crippen LogP contribution in [0, 0.1) is 5.82 Å². The fourth-order valence-corrected chi connectivity index (χ4v) is 1.57. The molecule has 0 spiro atoms. The van der Waals surface area contributed by atoms with E-state index in [1.165, 1.54) is 12.1 Å². The molecule has 19 heavy (non-hydrogen) atoms. The number of benzene rings is 1. The van der Waals surface area contributed by atoms with Gasteiger partial charge in [-0.3, -0.25) is 4.79 Å². The summed E-state index contributed by atoms with van der Waals surface area (Å²) in [6.45, 7) is 0. The molecule has 0 aliphatic carbocycles. The Kier molecular flexibility index (Phi) is 3.52. The molecule has 5 nitrogen and oxygen atoms in total. The Labute approximate surface area is 111 Å². The summed E-state index contributed by atoms with van der Waals surface area (Å²) < 4.78 is 18.2. The van der Waals surface area contributed by atoms with E-state index >= 15 is 0 Å². The number of amides is 1. The lowest BCUT2D eigenvalue weighted by atomic mass is 10.2. The van der Waals surface area contributed by atoms with Crippen molar-refractivity contribution < 1.29 is 23.5 Å². The molecule has 0 atom stereocenters. The lowest BCUT2D eigenvalue weighted by Crippen LogP contribution is -2.12. The summed E-state index contributed by atoms with van der Waals surface area (Å²) in [5.74, 6) is -2.98. The molecule has 0 aliphatic heterocycles. The highest BCUT2D eigenvalue weighted by molar-refractivity contribution is 6.33. The number of carboxylic acids is 1. The van der Waals surface area contributed by atoms with Crippen molar-refractivity contribution in [3.8, 4) is 0 Å². The number of furan rings is 1. The number of anilines is 1. The van der Waals surface area contributed by atoms with Gasteiger partial charge in [-0.1, -0.05) is 17.7 Å². The smallest absolute Gasteiger partial charge is 0.338 e. The van der Waals surface area contributed by atoms with Crippen LogP contribution in [0.1, 0.15) is 20.9 Å². The Bertz CT molecular complexity index is 633. The number of rotatable bonds is 3. The van der Waals surface area contributed by atoms with Gasteiger partial charge in [-0.25, -0.2) is 9.18 Å².